The van der Waals surface area contributed by atoms with Crippen LogP contribution in [-0.2, 0) is 10.0 Å². The van der Waals surface area contributed by atoms with Gasteiger partial charge in [0.05, 0.1) is 0 Å². The molecule has 1 saturated heterocycles. The summed E-state index contributed by atoms with van der Waals surface area (Å²) in [6, 6.07) is 4.11. The molecule has 1 heterocycles. The van der Waals surface area contributed by atoms with Crippen molar-refractivity contribution in [1.82, 2.24) is 10.0 Å². The summed E-state index contributed by atoms with van der Waals surface area (Å²) in [7, 11) is -3.80. The van der Waals surface area contributed by atoms with Gasteiger partial charge < -0.3 is 5.32 Å². The Labute approximate surface area is 132 Å². The van der Waals surface area contributed by atoms with Gasteiger partial charge in [-0.05, 0) is 56.0 Å². The fraction of sp³-hybridized carbons (Fsp3) is 0.571. The molecule has 120 valence electrons. The highest BCUT2D eigenvalue weighted by Gasteiger charge is 2.29. The van der Waals surface area contributed by atoms with Gasteiger partial charge in [-0.1, -0.05) is 13.0 Å². The molecule has 0 bridgehead atoms. The molecule has 0 atom stereocenters. The van der Waals surface area contributed by atoms with Crippen LogP contribution in [0.4, 0.5) is 4.39 Å². The topological polar surface area (TPSA) is 58.2 Å². The third kappa shape index (κ3) is 4.64. The molecule has 0 amide bonds. The zero-order valence-electron chi connectivity index (χ0n) is 12.3. The van der Waals surface area contributed by atoms with Crippen molar-refractivity contribution in [3.05, 3.63) is 29.6 Å². The Morgan fingerprint density at radius 2 is 1.95 bits per heavy atom. The third-order valence-corrected chi connectivity index (χ3v) is 5.29. The first-order valence-electron chi connectivity index (χ1n) is 6.79. The van der Waals surface area contributed by atoms with Crippen molar-refractivity contribution in [3.63, 3.8) is 0 Å². The molecule has 0 saturated carbocycles. The Morgan fingerprint density at radius 3 is 2.57 bits per heavy atom. The van der Waals surface area contributed by atoms with Crippen LogP contribution < -0.4 is 10.0 Å². The number of aryl methyl sites for hydroxylation is 1. The number of sulfonamides is 1. The maximum absolute atomic E-state index is 13.7. The number of nitrogens with one attached hydrogen (secondary N) is 2. The maximum atomic E-state index is 13.7. The second-order valence-electron chi connectivity index (χ2n) is 5.82. The zero-order valence-corrected chi connectivity index (χ0v) is 13.9. The van der Waals surface area contributed by atoms with E-state index < -0.39 is 15.8 Å². The summed E-state index contributed by atoms with van der Waals surface area (Å²) in [5.74, 6) is -0.710. The van der Waals surface area contributed by atoms with E-state index in [1.165, 1.54) is 12.1 Å². The second-order valence-corrected chi connectivity index (χ2v) is 7.55. The average molecular weight is 337 g/mol. The summed E-state index contributed by atoms with van der Waals surface area (Å²) >= 11 is 0. The van der Waals surface area contributed by atoms with Gasteiger partial charge >= 0.3 is 0 Å². The lowest BCUT2D eigenvalue weighted by Crippen LogP contribution is -2.43. The largest absolute Gasteiger partial charge is 0.317 e. The van der Waals surface area contributed by atoms with Gasteiger partial charge in [-0.3, -0.25) is 0 Å². The van der Waals surface area contributed by atoms with Gasteiger partial charge in [0.15, 0.2) is 0 Å². The average Bonchev–Trinajstić information content (AvgIpc) is 2.40. The smallest absolute Gasteiger partial charge is 0.243 e. The quantitative estimate of drug-likeness (QED) is 0.886. The molecule has 1 aliphatic heterocycles. The van der Waals surface area contributed by atoms with Crippen LogP contribution in [0, 0.1) is 18.2 Å². The van der Waals surface area contributed by atoms with Gasteiger partial charge in [-0.2, -0.15) is 0 Å². The van der Waals surface area contributed by atoms with E-state index in [1.54, 1.807) is 13.0 Å². The third-order valence-electron chi connectivity index (χ3n) is 3.88. The van der Waals surface area contributed by atoms with Gasteiger partial charge in [0.1, 0.15) is 10.7 Å². The lowest BCUT2D eigenvalue weighted by molar-refractivity contribution is 0.232. The van der Waals surface area contributed by atoms with Crippen molar-refractivity contribution in [2.45, 2.75) is 31.6 Å². The molecule has 0 aromatic heterocycles. The van der Waals surface area contributed by atoms with E-state index >= 15 is 0 Å². The van der Waals surface area contributed by atoms with Gasteiger partial charge in [0.2, 0.25) is 10.0 Å². The Kier molecular flexibility index (Phi) is 6.16. The molecule has 7 heteroatoms. The summed E-state index contributed by atoms with van der Waals surface area (Å²) < 4.78 is 40.7. The van der Waals surface area contributed by atoms with Crippen molar-refractivity contribution in [2.24, 2.45) is 5.41 Å². The first kappa shape index (κ1) is 18.4. The van der Waals surface area contributed by atoms with Crippen molar-refractivity contribution >= 4 is 22.4 Å². The van der Waals surface area contributed by atoms with Gasteiger partial charge in [0.25, 0.3) is 0 Å². The van der Waals surface area contributed by atoms with E-state index in [9.17, 15) is 12.8 Å². The second kappa shape index (κ2) is 7.05. The molecule has 4 nitrogen and oxygen atoms in total. The Hall–Kier alpha value is -0.690. The Balaban J connectivity index is 0.00000220. The molecule has 0 unspecified atom stereocenters. The fourth-order valence-corrected chi connectivity index (χ4v) is 3.73. The van der Waals surface area contributed by atoms with E-state index in [0.29, 0.717) is 6.54 Å². The molecular formula is C14H22ClFN2O2S. The predicted octanol–water partition coefficient (Wildman–Crippen LogP) is 2.22. The number of hydrogen-bond acceptors (Lipinski definition) is 3. The summed E-state index contributed by atoms with van der Waals surface area (Å²) in [5.41, 5.74) is 0.651. The van der Waals surface area contributed by atoms with Crippen LogP contribution in [0.1, 0.15) is 25.3 Å². The Morgan fingerprint density at radius 1 is 1.33 bits per heavy atom. The van der Waals surface area contributed by atoms with Crippen molar-refractivity contribution in [3.8, 4) is 0 Å². The molecule has 1 aliphatic rings. The minimum absolute atomic E-state index is 0. The molecule has 1 fully saturated rings. The molecular weight excluding hydrogens is 315 g/mol. The maximum Gasteiger partial charge on any atom is 0.243 e. The number of benzene rings is 1. The highest BCUT2D eigenvalue weighted by molar-refractivity contribution is 7.89. The lowest BCUT2D eigenvalue weighted by Gasteiger charge is -2.34. The number of halogens is 2. The molecule has 1 aromatic rings. The van der Waals surface area contributed by atoms with Gasteiger partial charge in [0, 0.05) is 6.54 Å². The molecule has 2 N–H and O–H groups in total. The minimum Gasteiger partial charge on any atom is -0.317 e. The number of piperidine rings is 1. The standard InChI is InChI=1S/C14H21FN2O2S.ClH/c1-11-3-4-12(15)13(9-11)20(18,19)17-10-14(2)5-7-16-8-6-14;/h3-4,9,16-17H,5-8,10H2,1-2H3;1H. The molecule has 21 heavy (non-hydrogen) atoms. The Bertz CT molecular complexity index is 587. The van der Waals surface area contributed by atoms with Crippen molar-refractivity contribution in [1.29, 1.82) is 0 Å². The van der Waals surface area contributed by atoms with E-state index in [-0.39, 0.29) is 22.7 Å². The summed E-state index contributed by atoms with van der Waals surface area (Å²) in [6.07, 6.45) is 1.82. The highest BCUT2D eigenvalue weighted by atomic mass is 35.5. The zero-order chi connectivity index (χ0) is 14.8. The number of hydrogen-bond donors (Lipinski definition) is 2. The van der Waals surface area contributed by atoms with Crippen LogP contribution in [0.5, 0.6) is 0 Å². The first-order chi connectivity index (χ1) is 9.32. The van der Waals surface area contributed by atoms with Crippen molar-refractivity contribution in [2.75, 3.05) is 19.6 Å². The molecule has 0 radical (unpaired) electrons. The van der Waals surface area contributed by atoms with E-state index in [2.05, 4.69) is 17.0 Å². The molecule has 1 aromatic carbocycles. The minimum atomic E-state index is -3.80. The van der Waals surface area contributed by atoms with Crippen molar-refractivity contribution < 1.29 is 12.8 Å². The summed E-state index contributed by atoms with van der Waals surface area (Å²) in [4.78, 5) is -0.268. The normalized spacial score (nSPS) is 18.0. The van der Waals surface area contributed by atoms with E-state index in [1.807, 2.05) is 0 Å². The summed E-state index contributed by atoms with van der Waals surface area (Å²) in [5, 5.41) is 3.25. The predicted molar refractivity (Wildman–Crippen MR) is 83.8 cm³/mol. The van der Waals surface area contributed by atoms with Crippen LogP contribution in [0.25, 0.3) is 0 Å². The highest BCUT2D eigenvalue weighted by Crippen LogP contribution is 2.27. The van der Waals surface area contributed by atoms with E-state index in [0.717, 1.165) is 31.5 Å². The van der Waals surface area contributed by atoms with Crippen LogP contribution >= 0.6 is 12.4 Å². The van der Waals surface area contributed by atoms with E-state index in [4.69, 9.17) is 0 Å². The van der Waals surface area contributed by atoms with Crippen LogP contribution in [0.3, 0.4) is 0 Å². The lowest BCUT2D eigenvalue weighted by atomic mass is 9.81. The monoisotopic (exact) mass is 336 g/mol. The van der Waals surface area contributed by atoms with Gasteiger partial charge in [-0.15, -0.1) is 12.4 Å². The molecule has 0 aliphatic carbocycles. The SMILES string of the molecule is Cc1ccc(F)c(S(=O)(=O)NCC2(C)CCNCC2)c1.Cl. The van der Waals surface area contributed by atoms with Gasteiger partial charge in [-0.25, -0.2) is 17.5 Å². The fourth-order valence-electron chi connectivity index (χ4n) is 2.37. The van der Waals surface area contributed by atoms with Crippen LogP contribution in [-0.4, -0.2) is 28.1 Å². The molecule has 2 rings (SSSR count). The van der Waals surface area contributed by atoms with Crippen LogP contribution in [0.2, 0.25) is 0 Å². The summed E-state index contributed by atoms with van der Waals surface area (Å²) in [6.45, 7) is 5.91. The number of rotatable bonds is 4. The van der Waals surface area contributed by atoms with Crippen LogP contribution in [0.15, 0.2) is 23.1 Å². The first-order valence-corrected chi connectivity index (χ1v) is 8.27. The molecule has 0 spiro atoms.